The van der Waals surface area contributed by atoms with E-state index in [1.165, 1.54) is 43.8 Å². The van der Waals surface area contributed by atoms with Crippen LogP contribution in [0.15, 0.2) is 72.8 Å². The Labute approximate surface area is 161 Å². The van der Waals surface area contributed by atoms with E-state index < -0.39 is 0 Å². The van der Waals surface area contributed by atoms with Gasteiger partial charge in [-0.25, -0.2) is 0 Å². The number of nitrogens with zero attached hydrogens (tertiary/aromatic N) is 1. The smallest absolute Gasteiger partial charge is 0.0394 e. The van der Waals surface area contributed by atoms with Gasteiger partial charge in [-0.15, -0.1) is 0 Å². The first-order valence-electron chi connectivity index (χ1n) is 9.89. The Bertz CT molecular complexity index is 1160. The van der Waals surface area contributed by atoms with E-state index in [2.05, 4.69) is 98.6 Å². The summed E-state index contributed by atoms with van der Waals surface area (Å²) in [5, 5.41) is 5.39. The van der Waals surface area contributed by atoms with E-state index >= 15 is 0 Å². The number of fused-ring (bicyclic) bond motifs is 7. The van der Waals surface area contributed by atoms with Crippen LogP contribution in [0.25, 0.3) is 32.7 Å². The number of likely N-dealkylation sites (N-methyl/N-ethyl adjacent to an activating group) is 1. The third kappa shape index (κ3) is 2.49. The van der Waals surface area contributed by atoms with E-state index in [0.29, 0.717) is 12.1 Å². The van der Waals surface area contributed by atoms with Crippen LogP contribution in [0, 0.1) is 0 Å². The molecule has 0 spiro atoms. The highest BCUT2D eigenvalue weighted by atomic mass is 15.1. The Kier molecular flexibility index (Phi) is 3.80. The zero-order valence-electron chi connectivity index (χ0n) is 16.2. The number of benzene rings is 4. The van der Waals surface area contributed by atoms with Crippen molar-refractivity contribution in [1.82, 2.24) is 4.90 Å². The molecule has 134 valence electrons. The van der Waals surface area contributed by atoms with Gasteiger partial charge in [-0.05, 0) is 71.1 Å². The van der Waals surface area contributed by atoms with Crippen LogP contribution >= 0.6 is 0 Å². The minimum atomic E-state index is 0.415. The summed E-state index contributed by atoms with van der Waals surface area (Å²) in [6.07, 6.45) is 1.07. The van der Waals surface area contributed by atoms with Crippen molar-refractivity contribution in [2.24, 2.45) is 0 Å². The van der Waals surface area contributed by atoms with Crippen molar-refractivity contribution in [2.45, 2.75) is 32.4 Å². The van der Waals surface area contributed by atoms with Crippen molar-refractivity contribution in [1.29, 1.82) is 0 Å². The van der Waals surface area contributed by atoms with Gasteiger partial charge < -0.3 is 0 Å². The molecule has 5 rings (SSSR count). The highest BCUT2D eigenvalue weighted by Crippen LogP contribution is 2.47. The second-order valence-corrected chi connectivity index (χ2v) is 8.05. The van der Waals surface area contributed by atoms with Gasteiger partial charge in [0.1, 0.15) is 0 Å². The Morgan fingerprint density at radius 2 is 1.33 bits per heavy atom. The van der Waals surface area contributed by atoms with Crippen molar-refractivity contribution in [3.8, 4) is 11.1 Å². The van der Waals surface area contributed by atoms with Gasteiger partial charge in [0.15, 0.2) is 0 Å². The Balaban J connectivity index is 1.90. The minimum Gasteiger partial charge on any atom is -0.297 e. The van der Waals surface area contributed by atoms with Gasteiger partial charge in [0.05, 0.1) is 0 Å². The summed E-state index contributed by atoms with van der Waals surface area (Å²) in [5.41, 5.74) is 5.81. The van der Waals surface area contributed by atoms with Gasteiger partial charge in [0, 0.05) is 12.1 Å². The van der Waals surface area contributed by atoms with Crippen molar-refractivity contribution in [2.75, 3.05) is 7.05 Å². The summed E-state index contributed by atoms with van der Waals surface area (Å²) in [6, 6.07) is 27.9. The quantitative estimate of drug-likeness (QED) is 0.393. The van der Waals surface area contributed by atoms with Crippen LogP contribution in [0.5, 0.6) is 0 Å². The maximum atomic E-state index is 2.52. The second-order valence-electron chi connectivity index (χ2n) is 8.05. The fourth-order valence-electron chi connectivity index (χ4n) is 4.67. The monoisotopic (exact) mass is 351 g/mol. The lowest BCUT2D eigenvalue weighted by Crippen LogP contribution is -2.34. The predicted octanol–water partition coefficient (Wildman–Crippen LogP) is 6.60. The van der Waals surface area contributed by atoms with Crippen LogP contribution in [0.1, 0.15) is 31.0 Å². The van der Waals surface area contributed by atoms with E-state index in [-0.39, 0.29) is 0 Å². The van der Waals surface area contributed by atoms with Gasteiger partial charge in [-0.2, -0.15) is 0 Å². The first kappa shape index (κ1) is 16.5. The third-order valence-corrected chi connectivity index (χ3v) is 6.30. The van der Waals surface area contributed by atoms with Crippen LogP contribution in [0.3, 0.4) is 0 Å². The number of hydrogen-bond donors (Lipinski definition) is 0. The number of rotatable bonds is 2. The maximum Gasteiger partial charge on any atom is 0.0394 e. The Morgan fingerprint density at radius 1 is 0.741 bits per heavy atom. The molecule has 27 heavy (non-hydrogen) atoms. The van der Waals surface area contributed by atoms with Crippen molar-refractivity contribution < 1.29 is 0 Å². The normalized spacial score (nSPS) is 16.1. The fourth-order valence-corrected chi connectivity index (χ4v) is 4.67. The minimum absolute atomic E-state index is 0.415. The van der Waals surface area contributed by atoms with E-state index in [4.69, 9.17) is 0 Å². The SMILES string of the molecule is CC(C)N(C)[C@@H]1Cc2ccc3ccccc3c2-c2c1ccc1ccccc21. The first-order chi connectivity index (χ1) is 13.1. The number of hydrogen-bond acceptors (Lipinski definition) is 1. The van der Waals surface area contributed by atoms with Gasteiger partial charge >= 0.3 is 0 Å². The molecular formula is C26H25N. The lowest BCUT2D eigenvalue weighted by molar-refractivity contribution is 0.194. The van der Waals surface area contributed by atoms with Crippen LogP contribution in [-0.2, 0) is 6.42 Å². The fraction of sp³-hybridized carbons (Fsp3) is 0.231. The topological polar surface area (TPSA) is 3.24 Å². The molecule has 0 radical (unpaired) electrons. The summed E-state index contributed by atoms with van der Waals surface area (Å²) in [6.45, 7) is 4.58. The molecule has 1 atom stereocenters. The lowest BCUT2D eigenvalue weighted by atomic mass is 9.77. The van der Waals surface area contributed by atoms with Crippen LogP contribution in [-0.4, -0.2) is 18.0 Å². The molecule has 0 saturated carbocycles. The molecule has 4 aromatic carbocycles. The van der Waals surface area contributed by atoms with Gasteiger partial charge in [-0.1, -0.05) is 72.8 Å². The molecule has 1 aliphatic rings. The highest BCUT2D eigenvalue weighted by molar-refractivity contribution is 6.08. The van der Waals surface area contributed by atoms with E-state index in [0.717, 1.165) is 6.42 Å². The average molecular weight is 351 g/mol. The zero-order valence-corrected chi connectivity index (χ0v) is 16.2. The van der Waals surface area contributed by atoms with Crippen LogP contribution in [0.4, 0.5) is 0 Å². The van der Waals surface area contributed by atoms with Gasteiger partial charge in [-0.3, -0.25) is 4.90 Å². The van der Waals surface area contributed by atoms with Crippen molar-refractivity contribution in [3.05, 3.63) is 83.9 Å². The molecule has 0 unspecified atom stereocenters. The summed E-state index contributed by atoms with van der Waals surface area (Å²) >= 11 is 0. The summed E-state index contributed by atoms with van der Waals surface area (Å²) in [7, 11) is 2.26. The van der Waals surface area contributed by atoms with E-state index in [1.54, 1.807) is 0 Å². The summed E-state index contributed by atoms with van der Waals surface area (Å²) in [4.78, 5) is 2.52. The molecule has 1 heteroatoms. The Hall–Kier alpha value is -2.64. The molecule has 0 amide bonds. The van der Waals surface area contributed by atoms with E-state index in [9.17, 15) is 0 Å². The molecule has 0 bridgehead atoms. The molecule has 1 aliphatic carbocycles. The van der Waals surface area contributed by atoms with Crippen LogP contribution < -0.4 is 0 Å². The molecule has 4 aromatic rings. The van der Waals surface area contributed by atoms with Gasteiger partial charge in [0.25, 0.3) is 0 Å². The second kappa shape index (κ2) is 6.21. The molecule has 0 heterocycles. The van der Waals surface area contributed by atoms with Crippen LogP contribution in [0.2, 0.25) is 0 Å². The third-order valence-electron chi connectivity index (χ3n) is 6.30. The molecule has 0 saturated heterocycles. The zero-order chi connectivity index (χ0) is 18.5. The highest BCUT2D eigenvalue weighted by Gasteiger charge is 2.30. The molecular weight excluding hydrogens is 326 g/mol. The molecule has 0 aromatic heterocycles. The predicted molar refractivity (Wildman–Crippen MR) is 116 cm³/mol. The lowest BCUT2D eigenvalue weighted by Gasteiger charge is -2.37. The maximum absolute atomic E-state index is 2.52. The summed E-state index contributed by atoms with van der Waals surface area (Å²) in [5.74, 6) is 0. The molecule has 0 aliphatic heterocycles. The van der Waals surface area contributed by atoms with Gasteiger partial charge in [0.2, 0.25) is 0 Å². The average Bonchev–Trinajstić information content (AvgIpc) is 2.71. The molecule has 1 nitrogen and oxygen atoms in total. The molecule has 0 N–H and O–H groups in total. The first-order valence-corrected chi connectivity index (χ1v) is 9.89. The van der Waals surface area contributed by atoms with Crippen molar-refractivity contribution in [3.63, 3.8) is 0 Å². The standard InChI is InChI=1S/C26H25N/c1-17(2)27(3)24-16-20-13-12-18-8-4-6-10-21(18)25(20)26-22-11-7-5-9-19(22)14-15-23(24)26/h4-15,17,24H,16H2,1-3H3/t24-/m1/s1. The van der Waals surface area contributed by atoms with Crippen molar-refractivity contribution >= 4 is 21.5 Å². The largest absolute Gasteiger partial charge is 0.297 e. The summed E-state index contributed by atoms with van der Waals surface area (Å²) < 4.78 is 0. The van der Waals surface area contributed by atoms with E-state index in [1.807, 2.05) is 0 Å². The molecule has 0 fully saturated rings. The Morgan fingerprint density at radius 3 is 2.00 bits per heavy atom.